The number of rotatable bonds is 4. The van der Waals surface area contributed by atoms with Gasteiger partial charge in [-0.05, 0) is 43.4 Å². The molecule has 0 saturated carbocycles. The first-order valence-corrected chi connectivity index (χ1v) is 12.6. The fourth-order valence-electron chi connectivity index (χ4n) is 5.36. The van der Waals surface area contributed by atoms with Gasteiger partial charge in [0.1, 0.15) is 5.65 Å². The number of pyridine rings is 1. The Kier molecular flexibility index (Phi) is 6.47. The normalized spacial score (nSPS) is 18.6. The number of benzene rings is 1. The van der Waals surface area contributed by atoms with Crippen molar-refractivity contribution in [1.29, 1.82) is 0 Å². The third-order valence-electron chi connectivity index (χ3n) is 7.46. The number of hydrogen-bond donors (Lipinski definition) is 1. The van der Waals surface area contributed by atoms with Crippen LogP contribution in [0.1, 0.15) is 44.7 Å². The largest absolute Gasteiger partial charge is 0.351 e. The van der Waals surface area contributed by atoms with Crippen LogP contribution in [-0.4, -0.2) is 68.4 Å². The van der Waals surface area contributed by atoms with Crippen molar-refractivity contribution in [2.24, 2.45) is 0 Å². The Morgan fingerprint density at radius 2 is 1.67 bits per heavy atom. The molecule has 4 heterocycles. The first-order valence-electron chi connectivity index (χ1n) is 12.6. The number of amides is 2. The van der Waals surface area contributed by atoms with Gasteiger partial charge in [-0.1, -0.05) is 24.3 Å². The van der Waals surface area contributed by atoms with E-state index in [1.54, 1.807) is 29.5 Å². The Labute approximate surface area is 210 Å². The molecule has 1 atom stereocenters. The number of carbonyl (C=O) groups is 2. The molecule has 9 heteroatoms. The van der Waals surface area contributed by atoms with Crippen LogP contribution in [0.15, 0.2) is 41.3 Å². The molecule has 0 aliphatic carbocycles. The SMILES string of the molecule is CC(=O)N1CCC(Nc2ncc3cc(-c4ccccc4C)c(=O)n(C4CCN(C(C)=O)C4)c3n2)CC1. The van der Waals surface area contributed by atoms with Crippen LogP contribution in [0.5, 0.6) is 0 Å². The minimum Gasteiger partial charge on any atom is -0.351 e. The second-order valence-electron chi connectivity index (χ2n) is 9.85. The summed E-state index contributed by atoms with van der Waals surface area (Å²) in [6.07, 6.45) is 4.10. The Bertz CT molecular complexity index is 1380. The monoisotopic (exact) mass is 488 g/mol. The molecule has 2 saturated heterocycles. The van der Waals surface area contributed by atoms with Gasteiger partial charge in [0.15, 0.2) is 0 Å². The molecule has 1 N–H and O–H groups in total. The minimum atomic E-state index is -0.158. The summed E-state index contributed by atoms with van der Waals surface area (Å²) < 4.78 is 1.77. The maximum absolute atomic E-state index is 13.9. The molecule has 0 spiro atoms. The van der Waals surface area contributed by atoms with Crippen molar-refractivity contribution in [3.63, 3.8) is 0 Å². The third-order valence-corrected chi connectivity index (χ3v) is 7.46. The van der Waals surface area contributed by atoms with Crippen LogP contribution < -0.4 is 10.9 Å². The number of fused-ring (bicyclic) bond motifs is 1. The van der Waals surface area contributed by atoms with Crippen molar-refractivity contribution in [1.82, 2.24) is 24.3 Å². The van der Waals surface area contributed by atoms with Crippen molar-refractivity contribution in [2.75, 3.05) is 31.5 Å². The lowest BCUT2D eigenvalue weighted by atomic mass is 10.0. The Morgan fingerprint density at radius 3 is 2.33 bits per heavy atom. The second kappa shape index (κ2) is 9.72. The first-order chi connectivity index (χ1) is 17.3. The van der Waals surface area contributed by atoms with Gasteiger partial charge < -0.3 is 15.1 Å². The van der Waals surface area contributed by atoms with Crippen LogP contribution >= 0.6 is 0 Å². The van der Waals surface area contributed by atoms with E-state index in [0.29, 0.717) is 49.8 Å². The molecule has 0 bridgehead atoms. The lowest BCUT2D eigenvalue weighted by Gasteiger charge is -2.31. The highest BCUT2D eigenvalue weighted by Crippen LogP contribution is 2.28. The molecule has 2 aromatic heterocycles. The molecule has 188 valence electrons. The minimum absolute atomic E-state index is 0.0128. The molecule has 0 radical (unpaired) electrons. The molecule has 1 aromatic carbocycles. The lowest BCUT2D eigenvalue weighted by molar-refractivity contribution is -0.130. The number of piperidine rings is 1. The molecule has 1 unspecified atom stereocenters. The Hall–Kier alpha value is -3.75. The van der Waals surface area contributed by atoms with E-state index >= 15 is 0 Å². The van der Waals surface area contributed by atoms with Gasteiger partial charge in [0.2, 0.25) is 17.8 Å². The zero-order valence-electron chi connectivity index (χ0n) is 21.0. The quantitative estimate of drug-likeness (QED) is 0.606. The molecule has 5 rings (SSSR count). The van der Waals surface area contributed by atoms with E-state index in [2.05, 4.69) is 10.3 Å². The summed E-state index contributed by atoms with van der Waals surface area (Å²) in [4.78, 5) is 50.6. The Balaban J connectivity index is 1.55. The predicted molar refractivity (Wildman–Crippen MR) is 139 cm³/mol. The standard InChI is InChI=1S/C27H32N6O3/c1-17-6-4-5-7-23(17)24-14-20-15-28-27(29-21-8-11-31(12-9-21)18(2)34)30-25(20)33(26(24)36)22-10-13-32(16-22)19(3)35/h4-7,14-15,21-22H,8-13,16H2,1-3H3,(H,28,29,30). The van der Waals surface area contributed by atoms with E-state index in [1.807, 2.05) is 42.2 Å². The molecule has 2 aliphatic rings. The van der Waals surface area contributed by atoms with Gasteiger partial charge in [-0.3, -0.25) is 19.0 Å². The number of aromatic nitrogens is 3. The number of hydrogen-bond acceptors (Lipinski definition) is 6. The van der Waals surface area contributed by atoms with E-state index < -0.39 is 0 Å². The molecule has 2 aliphatic heterocycles. The second-order valence-corrected chi connectivity index (χ2v) is 9.85. The zero-order chi connectivity index (χ0) is 25.4. The predicted octanol–water partition coefficient (Wildman–Crippen LogP) is 2.98. The maximum Gasteiger partial charge on any atom is 0.260 e. The van der Waals surface area contributed by atoms with Crippen LogP contribution in [0.4, 0.5) is 5.95 Å². The molecule has 2 amide bonds. The van der Waals surface area contributed by atoms with Gasteiger partial charge in [0.05, 0.1) is 6.04 Å². The van der Waals surface area contributed by atoms with E-state index in [4.69, 9.17) is 4.98 Å². The van der Waals surface area contributed by atoms with Gasteiger partial charge in [0, 0.05) is 63.2 Å². The third kappa shape index (κ3) is 4.57. The summed E-state index contributed by atoms with van der Waals surface area (Å²) in [7, 11) is 0. The van der Waals surface area contributed by atoms with Gasteiger partial charge in [-0.25, -0.2) is 4.98 Å². The number of anilines is 1. The van der Waals surface area contributed by atoms with Crippen molar-refractivity contribution < 1.29 is 9.59 Å². The Morgan fingerprint density at radius 1 is 0.972 bits per heavy atom. The number of aryl methyl sites for hydroxylation is 1. The molecular weight excluding hydrogens is 456 g/mol. The van der Waals surface area contributed by atoms with Gasteiger partial charge >= 0.3 is 0 Å². The zero-order valence-corrected chi connectivity index (χ0v) is 21.0. The van der Waals surface area contributed by atoms with Crippen LogP contribution in [0.3, 0.4) is 0 Å². The summed E-state index contributed by atoms with van der Waals surface area (Å²) in [6.45, 7) is 7.67. The topological polar surface area (TPSA) is 100 Å². The maximum atomic E-state index is 13.9. The fourth-order valence-corrected chi connectivity index (χ4v) is 5.36. The van der Waals surface area contributed by atoms with Crippen LogP contribution in [0.2, 0.25) is 0 Å². The lowest BCUT2D eigenvalue weighted by Crippen LogP contribution is -2.41. The van der Waals surface area contributed by atoms with Gasteiger partial charge in [-0.15, -0.1) is 0 Å². The molecule has 9 nitrogen and oxygen atoms in total. The van der Waals surface area contributed by atoms with E-state index in [1.165, 1.54) is 0 Å². The van der Waals surface area contributed by atoms with Crippen molar-refractivity contribution in [3.8, 4) is 11.1 Å². The molecular formula is C27H32N6O3. The van der Waals surface area contributed by atoms with E-state index in [0.717, 1.165) is 29.4 Å². The highest BCUT2D eigenvalue weighted by atomic mass is 16.2. The van der Waals surface area contributed by atoms with Crippen LogP contribution in [-0.2, 0) is 9.59 Å². The number of likely N-dealkylation sites (tertiary alicyclic amines) is 2. The van der Waals surface area contributed by atoms with E-state index in [-0.39, 0.29) is 29.5 Å². The van der Waals surface area contributed by atoms with Gasteiger partial charge in [0.25, 0.3) is 5.56 Å². The average Bonchev–Trinajstić information content (AvgIpc) is 3.35. The first kappa shape index (κ1) is 24.0. The summed E-state index contributed by atoms with van der Waals surface area (Å²) >= 11 is 0. The van der Waals surface area contributed by atoms with Crippen LogP contribution in [0.25, 0.3) is 22.2 Å². The summed E-state index contributed by atoms with van der Waals surface area (Å²) in [5.74, 6) is 0.584. The van der Waals surface area contributed by atoms with Crippen LogP contribution in [0, 0.1) is 6.92 Å². The van der Waals surface area contributed by atoms with E-state index in [9.17, 15) is 14.4 Å². The molecule has 3 aromatic rings. The highest BCUT2D eigenvalue weighted by molar-refractivity contribution is 5.82. The summed E-state index contributed by atoms with van der Waals surface area (Å²) in [6, 6.07) is 9.73. The number of carbonyl (C=O) groups excluding carboxylic acids is 2. The number of nitrogens with one attached hydrogen (secondary N) is 1. The molecule has 2 fully saturated rings. The highest BCUT2D eigenvalue weighted by Gasteiger charge is 2.29. The van der Waals surface area contributed by atoms with Gasteiger partial charge in [-0.2, -0.15) is 4.98 Å². The van der Waals surface area contributed by atoms with Crippen molar-refractivity contribution in [3.05, 3.63) is 52.4 Å². The number of nitrogens with zero attached hydrogens (tertiary/aromatic N) is 5. The summed E-state index contributed by atoms with van der Waals surface area (Å²) in [5, 5.41) is 4.20. The summed E-state index contributed by atoms with van der Waals surface area (Å²) in [5.41, 5.74) is 2.99. The average molecular weight is 489 g/mol. The smallest absolute Gasteiger partial charge is 0.260 e. The fraction of sp³-hybridized carbons (Fsp3) is 0.444. The van der Waals surface area contributed by atoms with Crippen molar-refractivity contribution in [2.45, 2.75) is 52.1 Å². The van der Waals surface area contributed by atoms with Crippen molar-refractivity contribution >= 4 is 28.8 Å². The molecule has 36 heavy (non-hydrogen) atoms.